The van der Waals surface area contributed by atoms with E-state index in [1.54, 1.807) is 0 Å². The van der Waals surface area contributed by atoms with Crippen LogP contribution in [-0.2, 0) is 5.41 Å². The molecular weight excluding hydrogens is 546 g/mol. The van der Waals surface area contributed by atoms with Gasteiger partial charge in [0.1, 0.15) is 5.58 Å². The van der Waals surface area contributed by atoms with Crippen molar-refractivity contribution >= 4 is 54.5 Å². The van der Waals surface area contributed by atoms with Crippen molar-refractivity contribution in [3.05, 3.63) is 139 Å². The van der Waals surface area contributed by atoms with Gasteiger partial charge < -0.3 is 8.98 Å². The molecule has 210 valence electrons. The monoisotopic (exact) mass is 573 g/mol. The molecule has 2 heterocycles. The van der Waals surface area contributed by atoms with Gasteiger partial charge in [-0.25, -0.2) is 0 Å². The minimum absolute atomic E-state index is 0.185. The van der Waals surface area contributed by atoms with E-state index in [9.17, 15) is 0 Å². The van der Waals surface area contributed by atoms with E-state index in [1.165, 1.54) is 88.0 Å². The zero-order chi connectivity index (χ0) is 29.6. The molecule has 11 rings (SSSR count). The maximum atomic E-state index is 6.97. The lowest BCUT2D eigenvalue weighted by Crippen LogP contribution is -2.15. The van der Waals surface area contributed by atoms with Gasteiger partial charge in [-0.05, 0) is 68.1 Å². The molecule has 0 bridgehead atoms. The van der Waals surface area contributed by atoms with Crippen LogP contribution in [0.15, 0.2) is 132 Å². The largest absolute Gasteiger partial charge is 0.454 e. The van der Waals surface area contributed by atoms with E-state index < -0.39 is 0 Å². The number of aromatic nitrogens is 1. The molecule has 0 aliphatic heterocycles. The van der Waals surface area contributed by atoms with Gasteiger partial charge >= 0.3 is 0 Å². The van der Waals surface area contributed by atoms with Crippen molar-refractivity contribution in [3.8, 4) is 39.1 Å². The molecule has 0 unspecified atom stereocenters. The number of para-hydroxylation sites is 2. The maximum absolute atomic E-state index is 6.97. The number of benzene rings is 7. The van der Waals surface area contributed by atoms with Crippen molar-refractivity contribution in [2.45, 2.75) is 19.3 Å². The summed E-state index contributed by atoms with van der Waals surface area (Å²) in [6, 6.07) is 46.7. The predicted octanol–water partition coefficient (Wildman–Crippen LogP) is 11.8. The second-order valence-corrected chi connectivity index (χ2v) is 13.2. The van der Waals surface area contributed by atoms with Gasteiger partial charge in [-0.2, -0.15) is 0 Å². The maximum Gasteiger partial charge on any atom is 0.160 e. The minimum Gasteiger partial charge on any atom is -0.454 e. The average Bonchev–Trinajstić information content (AvgIpc) is 3.79. The van der Waals surface area contributed by atoms with Crippen LogP contribution in [0.5, 0.6) is 0 Å². The quantitative estimate of drug-likeness (QED) is 0.191. The summed E-state index contributed by atoms with van der Waals surface area (Å²) in [6.07, 6.45) is 0. The Kier molecular flexibility index (Phi) is 4.19. The minimum atomic E-state index is -0.185. The van der Waals surface area contributed by atoms with Crippen molar-refractivity contribution in [1.82, 2.24) is 4.57 Å². The van der Waals surface area contributed by atoms with Gasteiger partial charge in [0.2, 0.25) is 0 Å². The second-order valence-electron chi connectivity index (χ2n) is 13.2. The molecule has 0 spiro atoms. The van der Waals surface area contributed by atoms with Crippen LogP contribution >= 0.6 is 0 Å². The van der Waals surface area contributed by atoms with E-state index in [1.807, 2.05) is 0 Å². The van der Waals surface area contributed by atoms with Crippen LogP contribution < -0.4 is 0 Å². The van der Waals surface area contributed by atoms with Gasteiger partial charge in [0.25, 0.3) is 0 Å². The van der Waals surface area contributed by atoms with E-state index in [0.29, 0.717) is 0 Å². The van der Waals surface area contributed by atoms with Crippen molar-refractivity contribution in [2.75, 3.05) is 0 Å². The van der Waals surface area contributed by atoms with Crippen LogP contribution in [0.25, 0.3) is 93.6 Å². The highest BCUT2D eigenvalue weighted by atomic mass is 16.3. The van der Waals surface area contributed by atoms with Gasteiger partial charge in [0.15, 0.2) is 5.58 Å². The Morgan fingerprint density at radius 2 is 1.16 bits per heavy atom. The Balaban J connectivity index is 1.40. The molecule has 0 fully saturated rings. The molecule has 9 aromatic rings. The Morgan fingerprint density at radius 3 is 2.00 bits per heavy atom. The van der Waals surface area contributed by atoms with Crippen LogP contribution in [0.3, 0.4) is 0 Å². The van der Waals surface area contributed by atoms with Crippen molar-refractivity contribution in [2.24, 2.45) is 0 Å². The first-order valence-electron chi connectivity index (χ1n) is 15.8. The molecule has 2 aromatic heterocycles. The molecule has 2 aliphatic carbocycles. The Hall–Kier alpha value is -5.60. The van der Waals surface area contributed by atoms with E-state index in [2.05, 4.69) is 146 Å². The molecule has 0 atom stereocenters. The number of fused-ring (bicyclic) bond motifs is 15. The third-order valence-corrected chi connectivity index (χ3v) is 10.7. The number of nitrogens with zero attached hydrogens (tertiary/aromatic N) is 1. The Bertz CT molecular complexity index is 2760. The van der Waals surface area contributed by atoms with Gasteiger partial charge in [-0.3, -0.25) is 0 Å². The fourth-order valence-corrected chi connectivity index (χ4v) is 8.93. The molecule has 0 amide bonds. The molecule has 45 heavy (non-hydrogen) atoms. The van der Waals surface area contributed by atoms with Crippen LogP contribution in [0, 0.1) is 0 Å². The fraction of sp³-hybridized carbons (Fsp3) is 0.0698. The molecule has 0 radical (unpaired) electrons. The Morgan fingerprint density at radius 1 is 0.511 bits per heavy atom. The average molecular weight is 574 g/mol. The summed E-state index contributed by atoms with van der Waals surface area (Å²) in [5.74, 6) is 0. The van der Waals surface area contributed by atoms with Gasteiger partial charge in [-0.1, -0.05) is 123 Å². The normalized spacial score (nSPS) is 14.2. The molecule has 0 N–H and O–H groups in total. The number of rotatable bonds is 1. The second kappa shape index (κ2) is 7.91. The smallest absolute Gasteiger partial charge is 0.160 e. The third-order valence-electron chi connectivity index (χ3n) is 10.7. The van der Waals surface area contributed by atoms with E-state index in [-0.39, 0.29) is 5.41 Å². The lowest BCUT2D eigenvalue weighted by molar-refractivity contribution is 0.663. The van der Waals surface area contributed by atoms with Crippen LogP contribution in [0.1, 0.15) is 25.0 Å². The molecule has 2 aliphatic rings. The Labute approximate surface area is 259 Å². The highest BCUT2D eigenvalue weighted by Crippen LogP contribution is 2.58. The first kappa shape index (κ1) is 23.8. The molecule has 0 saturated heterocycles. The molecule has 0 saturated carbocycles. The highest BCUT2D eigenvalue weighted by molar-refractivity contribution is 6.29. The molecule has 2 heteroatoms. The summed E-state index contributed by atoms with van der Waals surface area (Å²) in [6.45, 7) is 4.79. The lowest BCUT2D eigenvalue weighted by atomic mass is 9.80. The van der Waals surface area contributed by atoms with Crippen LogP contribution in [0.4, 0.5) is 0 Å². The summed E-state index contributed by atoms with van der Waals surface area (Å²) in [5.41, 5.74) is 15.9. The van der Waals surface area contributed by atoms with Crippen molar-refractivity contribution in [3.63, 3.8) is 0 Å². The topological polar surface area (TPSA) is 18.1 Å². The first-order valence-corrected chi connectivity index (χ1v) is 15.8. The van der Waals surface area contributed by atoms with Crippen LogP contribution in [-0.4, -0.2) is 4.57 Å². The third kappa shape index (κ3) is 2.70. The number of hydrogen-bond donors (Lipinski definition) is 0. The zero-order valence-corrected chi connectivity index (χ0v) is 25.0. The highest BCUT2D eigenvalue weighted by Gasteiger charge is 2.41. The predicted molar refractivity (Wildman–Crippen MR) is 188 cm³/mol. The summed E-state index contributed by atoms with van der Waals surface area (Å²) in [4.78, 5) is 0. The summed E-state index contributed by atoms with van der Waals surface area (Å²) in [5, 5.41) is 7.53. The molecule has 7 aromatic carbocycles. The standard InChI is InChI=1S/C43H27NO/c1-43(2)32-19-8-5-14-28(32)37-38-31-16-7-10-21-35(31)45-42(38)41-39(40(37)43)30-15-6-9-20-33(30)44(41)34-23-22-27-25-13-4-3-12-24(25)26-17-11-18-29(34)36(26)27/h3-23H,1-2H3. The van der Waals surface area contributed by atoms with Gasteiger partial charge in [0.05, 0.1) is 16.7 Å². The molecular formula is C43H27NO. The van der Waals surface area contributed by atoms with E-state index >= 15 is 0 Å². The molecule has 2 nitrogen and oxygen atoms in total. The fourth-order valence-electron chi connectivity index (χ4n) is 8.93. The zero-order valence-electron chi connectivity index (χ0n) is 25.0. The van der Waals surface area contributed by atoms with Crippen LogP contribution in [0.2, 0.25) is 0 Å². The van der Waals surface area contributed by atoms with Crippen molar-refractivity contribution in [1.29, 1.82) is 0 Å². The van der Waals surface area contributed by atoms with E-state index in [4.69, 9.17) is 4.42 Å². The van der Waals surface area contributed by atoms with Crippen molar-refractivity contribution < 1.29 is 4.42 Å². The van der Waals surface area contributed by atoms with E-state index in [0.717, 1.165) is 16.7 Å². The number of hydrogen-bond acceptors (Lipinski definition) is 1. The summed E-state index contributed by atoms with van der Waals surface area (Å²) in [7, 11) is 0. The SMILES string of the molecule is CC1(C)c2ccccc2-c2c1c1c3ccccc3n(-c3ccc4c5c(cccc35)-c3ccccc3-4)c1c1oc3ccccc3c21. The first-order chi connectivity index (χ1) is 22.1. The summed E-state index contributed by atoms with van der Waals surface area (Å²) < 4.78 is 9.47. The number of furan rings is 1. The van der Waals surface area contributed by atoms with Gasteiger partial charge in [-0.15, -0.1) is 0 Å². The lowest BCUT2D eigenvalue weighted by Gasteiger charge is -2.23. The summed E-state index contributed by atoms with van der Waals surface area (Å²) >= 11 is 0. The van der Waals surface area contributed by atoms with Gasteiger partial charge in [0, 0.05) is 32.3 Å².